The van der Waals surface area contributed by atoms with E-state index in [1.54, 1.807) is 11.8 Å². The number of carboxylic acid groups (broad SMARTS) is 1. The fourth-order valence-electron chi connectivity index (χ4n) is 2.26. The Bertz CT molecular complexity index is 412. The molecular weight excluding hydrogens is 246 g/mol. The summed E-state index contributed by atoms with van der Waals surface area (Å²) in [5.74, 6) is -0.654. The highest BCUT2D eigenvalue weighted by atomic mass is 32.2. The van der Waals surface area contributed by atoms with Crippen LogP contribution in [0.5, 0.6) is 0 Å². The van der Waals surface area contributed by atoms with Crippen molar-refractivity contribution in [3.8, 4) is 0 Å². The van der Waals surface area contributed by atoms with E-state index in [1.807, 2.05) is 0 Å². The first-order valence-corrected chi connectivity index (χ1v) is 7.46. The average molecular weight is 265 g/mol. The molecule has 0 aromatic heterocycles. The van der Waals surface area contributed by atoms with E-state index in [4.69, 9.17) is 0 Å². The van der Waals surface area contributed by atoms with Crippen LogP contribution in [0.2, 0.25) is 0 Å². The largest absolute Gasteiger partial charge is 0.481 e. The minimum absolute atomic E-state index is 0.501. The molecule has 0 spiro atoms. The third-order valence-corrected chi connectivity index (χ3v) is 4.46. The molecule has 1 aromatic rings. The zero-order valence-corrected chi connectivity index (χ0v) is 11.4. The van der Waals surface area contributed by atoms with Gasteiger partial charge in [0.1, 0.15) is 0 Å². The van der Waals surface area contributed by atoms with Crippen LogP contribution in [-0.2, 0) is 11.3 Å². The Morgan fingerprint density at radius 3 is 2.50 bits per heavy atom. The zero-order valence-electron chi connectivity index (χ0n) is 10.6. The molecule has 3 nitrogen and oxygen atoms in total. The van der Waals surface area contributed by atoms with E-state index in [9.17, 15) is 9.90 Å². The highest BCUT2D eigenvalue weighted by Gasteiger charge is 2.43. The van der Waals surface area contributed by atoms with Crippen molar-refractivity contribution >= 4 is 17.7 Å². The van der Waals surface area contributed by atoms with Crippen LogP contribution in [0.15, 0.2) is 29.2 Å². The smallest absolute Gasteiger partial charge is 0.310 e. The summed E-state index contributed by atoms with van der Waals surface area (Å²) in [6.45, 7) is 1.32. The van der Waals surface area contributed by atoms with Crippen molar-refractivity contribution in [2.75, 3.05) is 12.8 Å². The molecule has 0 radical (unpaired) electrons. The summed E-state index contributed by atoms with van der Waals surface area (Å²) in [7, 11) is 0. The zero-order chi connectivity index (χ0) is 13.0. The highest BCUT2D eigenvalue weighted by molar-refractivity contribution is 7.98. The van der Waals surface area contributed by atoms with Gasteiger partial charge in [-0.2, -0.15) is 0 Å². The van der Waals surface area contributed by atoms with Crippen LogP contribution in [0.1, 0.15) is 24.8 Å². The van der Waals surface area contributed by atoms with Gasteiger partial charge in [0.2, 0.25) is 0 Å². The number of thioether (sulfide) groups is 1. The minimum atomic E-state index is -0.654. The fraction of sp³-hybridized carbons (Fsp3) is 0.500. The lowest BCUT2D eigenvalue weighted by Gasteiger charge is -2.37. The highest BCUT2D eigenvalue weighted by Crippen LogP contribution is 2.40. The van der Waals surface area contributed by atoms with Gasteiger partial charge in [0, 0.05) is 18.0 Å². The molecule has 0 amide bonds. The van der Waals surface area contributed by atoms with Crippen LogP contribution < -0.4 is 5.32 Å². The average Bonchev–Trinajstić information content (AvgIpc) is 2.33. The van der Waals surface area contributed by atoms with E-state index < -0.39 is 11.4 Å². The molecule has 1 aromatic carbocycles. The second-order valence-corrected chi connectivity index (χ2v) is 5.77. The van der Waals surface area contributed by atoms with Gasteiger partial charge >= 0.3 is 5.97 Å². The number of rotatable bonds is 6. The molecule has 4 heteroatoms. The van der Waals surface area contributed by atoms with Gasteiger partial charge in [-0.1, -0.05) is 18.6 Å². The third-order valence-electron chi connectivity index (χ3n) is 3.72. The molecule has 1 saturated carbocycles. The van der Waals surface area contributed by atoms with Gasteiger partial charge in [-0.15, -0.1) is 11.8 Å². The first-order valence-electron chi connectivity index (χ1n) is 6.23. The lowest BCUT2D eigenvalue weighted by atomic mass is 9.69. The first kappa shape index (κ1) is 13.4. The summed E-state index contributed by atoms with van der Waals surface area (Å²) < 4.78 is 0. The molecule has 0 aliphatic heterocycles. The summed E-state index contributed by atoms with van der Waals surface area (Å²) in [5, 5.41) is 12.5. The van der Waals surface area contributed by atoms with E-state index in [-0.39, 0.29) is 0 Å². The number of nitrogens with one attached hydrogen (secondary N) is 1. The standard InChI is InChI=1S/C14H19NO2S/c1-18-12-5-3-11(4-6-12)9-15-10-14(13(16)17)7-2-8-14/h3-6,15H,2,7-10H2,1H3,(H,16,17). The van der Waals surface area contributed by atoms with Crippen molar-refractivity contribution < 1.29 is 9.90 Å². The van der Waals surface area contributed by atoms with Crippen LogP contribution in [0.4, 0.5) is 0 Å². The second-order valence-electron chi connectivity index (χ2n) is 4.89. The minimum Gasteiger partial charge on any atom is -0.481 e. The van der Waals surface area contributed by atoms with Crippen LogP contribution in [0.25, 0.3) is 0 Å². The molecule has 0 unspecified atom stereocenters. The normalized spacial score (nSPS) is 17.2. The molecule has 0 saturated heterocycles. The second kappa shape index (κ2) is 5.76. The van der Waals surface area contributed by atoms with Crippen LogP contribution >= 0.6 is 11.8 Å². The SMILES string of the molecule is CSc1ccc(CNCC2(C(=O)O)CCC2)cc1. The number of hydrogen-bond acceptors (Lipinski definition) is 3. The molecule has 1 aliphatic carbocycles. The van der Waals surface area contributed by atoms with E-state index in [0.717, 1.165) is 25.8 Å². The van der Waals surface area contributed by atoms with Gasteiger partial charge in [-0.3, -0.25) is 4.79 Å². The Kier molecular flexibility index (Phi) is 4.30. The van der Waals surface area contributed by atoms with Gasteiger partial charge in [-0.05, 0) is 36.8 Å². The van der Waals surface area contributed by atoms with Gasteiger partial charge in [0.05, 0.1) is 5.41 Å². The van der Waals surface area contributed by atoms with Crippen molar-refractivity contribution in [1.29, 1.82) is 0 Å². The van der Waals surface area contributed by atoms with Crippen molar-refractivity contribution in [2.45, 2.75) is 30.7 Å². The number of aliphatic carboxylic acids is 1. The van der Waals surface area contributed by atoms with Gasteiger partial charge < -0.3 is 10.4 Å². The summed E-state index contributed by atoms with van der Waals surface area (Å²) in [4.78, 5) is 12.4. The lowest BCUT2D eigenvalue weighted by molar-refractivity contribution is -0.154. The van der Waals surface area contributed by atoms with Crippen LogP contribution in [-0.4, -0.2) is 23.9 Å². The Balaban J connectivity index is 1.82. The Labute approximate surface area is 112 Å². The molecule has 1 aliphatic rings. The maximum Gasteiger partial charge on any atom is 0.310 e. The van der Waals surface area contributed by atoms with Crippen molar-refractivity contribution in [1.82, 2.24) is 5.32 Å². The Morgan fingerprint density at radius 1 is 1.39 bits per heavy atom. The topological polar surface area (TPSA) is 49.3 Å². The molecule has 0 atom stereocenters. The molecule has 98 valence electrons. The summed E-state index contributed by atoms with van der Waals surface area (Å²) in [5.41, 5.74) is 0.701. The van der Waals surface area contributed by atoms with Crippen molar-refractivity contribution in [3.63, 3.8) is 0 Å². The first-order chi connectivity index (χ1) is 8.66. The predicted octanol–water partition coefficient (Wildman–Crippen LogP) is 2.75. The molecule has 0 heterocycles. The summed E-state index contributed by atoms with van der Waals surface area (Å²) >= 11 is 1.72. The lowest BCUT2D eigenvalue weighted by Crippen LogP contribution is -2.45. The van der Waals surface area contributed by atoms with E-state index in [2.05, 4.69) is 35.8 Å². The maximum atomic E-state index is 11.2. The fourth-order valence-corrected chi connectivity index (χ4v) is 2.67. The number of benzene rings is 1. The van der Waals surface area contributed by atoms with Gasteiger partial charge in [-0.25, -0.2) is 0 Å². The number of carbonyl (C=O) groups is 1. The van der Waals surface area contributed by atoms with Crippen LogP contribution in [0.3, 0.4) is 0 Å². The molecule has 18 heavy (non-hydrogen) atoms. The van der Waals surface area contributed by atoms with E-state index >= 15 is 0 Å². The quantitative estimate of drug-likeness (QED) is 0.777. The third kappa shape index (κ3) is 2.87. The Hall–Kier alpha value is -1.00. The number of hydrogen-bond donors (Lipinski definition) is 2. The maximum absolute atomic E-state index is 11.2. The van der Waals surface area contributed by atoms with E-state index in [0.29, 0.717) is 6.54 Å². The van der Waals surface area contributed by atoms with Crippen molar-refractivity contribution in [2.24, 2.45) is 5.41 Å². The molecule has 2 rings (SSSR count). The van der Waals surface area contributed by atoms with Crippen molar-refractivity contribution in [3.05, 3.63) is 29.8 Å². The summed E-state index contributed by atoms with van der Waals surface area (Å²) in [6.07, 6.45) is 4.71. The molecule has 0 bridgehead atoms. The van der Waals surface area contributed by atoms with Crippen LogP contribution in [0, 0.1) is 5.41 Å². The van der Waals surface area contributed by atoms with Gasteiger partial charge in [0.15, 0.2) is 0 Å². The Morgan fingerprint density at radius 2 is 2.06 bits per heavy atom. The number of carboxylic acids is 1. The molecule has 2 N–H and O–H groups in total. The predicted molar refractivity (Wildman–Crippen MR) is 73.8 cm³/mol. The monoisotopic (exact) mass is 265 g/mol. The molecular formula is C14H19NO2S. The van der Waals surface area contributed by atoms with E-state index in [1.165, 1.54) is 10.5 Å². The molecule has 1 fully saturated rings. The van der Waals surface area contributed by atoms with Gasteiger partial charge in [0.25, 0.3) is 0 Å². The summed E-state index contributed by atoms with van der Waals surface area (Å²) in [6, 6.07) is 8.37.